The molecule has 23 heavy (non-hydrogen) atoms. The number of benzene rings is 1. The normalized spacial score (nSPS) is 20.8. The SMILES string of the molecule is COCC(N)C(=O)N1CCCC1c1cccc2c1OCCO2.Cl. The Morgan fingerprint density at radius 1 is 1.43 bits per heavy atom. The van der Waals surface area contributed by atoms with Crippen molar-refractivity contribution in [3.8, 4) is 11.5 Å². The lowest BCUT2D eigenvalue weighted by molar-refractivity contribution is -0.134. The van der Waals surface area contributed by atoms with Crippen LogP contribution in [0.2, 0.25) is 0 Å². The minimum Gasteiger partial charge on any atom is -0.486 e. The Bertz CT molecular complexity index is 555. The number of carbonyl (C=O) groups excluding carboxylic acids is 1. The molecule has 1 fully saturated rings. The number of hydrogen-bond donors (Lipinski definition) is 1. The van der Waals surface area contributed by atoms with Crippen LogP contribution in [0.5, 0.6) is 11.5 Å². The molecule has 1 amide bonds. The molecule has 2 atom stereocenters. The predicted octanol–water partition coefficient (Wildman–Crippen LogP) is 1.52. The Balaban J connectivity index is 0.00000192. The molecule has 1 saturated heterocycles. The van der Waals surface area contributed by atoms with E-state index in [0.717, 1.165) is 29.9 Å². The second-order valence-corrected chi connectivity index (χ2v) is 5.62. The molecule has 2 heterocycles. The number of fused-ring (bicyclic) bond motifs is 1. The number of likely N-dealkylation sites (tertiary alicyclic amines) is 1. The third kappa shape index (κ3) is 3.54. The zero-order valence-corrected chi connectivity index (χ0v) is 14.0. The van der Waals surface area contributed by atoms with Crippen molar-refractivity contribution in [1.29, 1.82) is 0 Å². The van der Waals surface area contributed by atoms with Gasteiger partial charge in [0.15, 0.2) is 11.5 Å². The van der Waals surface area contributed by atoms with E-state index < -0.39 is 6.04 Å². The maximum Gasteiger partial charge on any atom is 0.242 e. The standard InChI is InChI=1S/C16H22N2O4.ClH/c1-20-10-12(17)16(19)18-7-3-5-13(18)11-4-2-6-14-15(11)22-9-8-21-14;/h2,4,6,12-13H,3,5,7-10,17H2,1H3;1H. The van der Waals surface area contributed by atoms with Crippen molar-refractivity contribution in [3.63, 3.8) is 0 Å². The smallest absolute Gasteiger partial charge is 0.242 e. The van der Waals surface area contributed by atoms with Crippen LogP contribution in [0, 0.1) is 0 Å². The van der Waals surface area contributed by atoms with Gasteiger partial charge in [-0.1, -0.05) is 12.1 Å². The van der Waals surface area contributed by atoms with Gasteiger partial charge in [0.1, 0.15) is 19.3 Å². The van der Waals surface area contributed by atoms with Crippen molar-refractivity contribution >= 4 is 18.3 Å². The Morgan fingerprint density at radius 3 is 3.00 bits per heavy atom. The molecule has 1 aromatic rings. The Labute approximate surface area is 142 Å². The molecule has 0 aliphatic carbocycles. The van der Waals surface area contributed by atoms with E-state index in [2.05, 4.69) is 0 Å². The quantitative estimate of drug-likeness (QED) is 0.898. The maximum atomic E-state index is 12.5. The van der Waals surface area contributed by atoms with Gasteiger partial charge in [-0.05, 0) is 18.9 Å². The topological polar surface area (TPSA) is 74.0 Å². The molecule has 0 radical (unpaired) electrons. The van der Waals surface area contributed by atoms with E-state index in [1.54, 1.807) is 7.11 Å². The van der Waals surface area contributed by atoms with Gasteiger partial charge < -0.3 is 24.8 Å². The molecule has 0 bridgehead atoms. The van der Waals surface area contributed by atoms with Crippen molar-refractivity contribution in [2.45, 2.75) is 24.9 Å². The van der Waals surface area contributed by atoms with Gasteiger partial charge in [0.25, 0.3) is 0 Å². The molecule has 2 aliphatic rings. The summed E-state index contributed by atoms with van der Waals surface area (Å²) in [7, 11) is 1.55. The second-order valence-electron chi connectivity index (χ2n) is 5.62. The fraction of sp³-hybridized carbons (Fsp3) is 0.562. The van der Waals surface area contributed by atoms with Crippen molar-refractivity contribution in [1.82, 2.24) is 4.90 Å². The van der Waals surface area contributed by atoms with Gasteiger partial charge in [0.2, 0.25) is 5.91 Å². The lowest BCUT2D eigenvalue weighted by Crippen LogP contribution is -2.45. The van der Waals surface area contributed by atoms with Crippen LogP contribution in [0.4, 0.5) is 0 Å². The van der Waals surface area contributed by atoms with Crippen molar-refractivity contribution in [3.05, 3.63) is 23.8 Å². The Morgan fingerprint density at radius 2 is 2.22 bits per heavy atom. The third-order valence-electron chi connectivity index (χ3n) is 4.15. The van der Waals surface area contributed by atoms with Crippen LogP contribution in [0.3, 0.4) is 0 Å². The second kappa shape index (κ2) is 7.86. The summed E-state index contributed by atoms with van der Waals surface area (Å²) >= 11 is 0. The molecule has 2 aliphatic heterocycles. The molecule has 2 N–H and O–H groups in total. The highest BCUT2D eigenvalue weighted by molar-refractivity contribution is 5.85. The molecular weight excluding hydrogens is 320 g/mol. The number of para-hydroxylation sites is 1. The van der Waals surface area contributed by atoms with E-state index in [0.29, 0.717) is 19.8 Å². The van der Waals surface area contributed by atoms with Crippen molar-refractivity contribution < 1.29 is 19.0 Å². The number of amides is 1. The average molecular weight is 343 g/mol. The fourth-order valence-corrected chi connectivity index (χ4v) is 3.18. The predicted molar refractivity (Wildman–Crippen MR) is 88.2 cm³/mol. The fourth-order valence-electron chi connectivity index (χ4n) is 3.18. The molecule has 0 saturated carbocycles. The number of hydrogen-bond acceptors (Lipinski definition) is 5. The summed E-state index contributed by atoms with van der Waals surface area (Å²) in [4.78, 5) is 14.4. The first-order valence-corrected chi connectivity index (χ1v) is 7.66. The molecular formula is C16H23ClN2O4. The first kappa shape index (κ1) is 17.8. The summed E-state index contributed by atoms with van der Waals surface area (Å²) in [6.07, 6.45) is 1.87. The van der Waals surface area contributed by atoms with Crippen LogP contribution in [0.25, 0.3) is 0 Å². The van der Waals surface area contributed by atoms with Crippen LogP contribution in [-0.2, 0) is 9.53 Å². The summed E-state index contributed by atoms with van der Waals surface area (Å²) in [6, 6.07) is 5.22. The van der Waals surface area contributed by atoms with Gasteiger partial charge in [-0.2, -0.15) is 0 Å². The average Bonchev–Trinajstić information content (AvgIpc) is 3.03. The van der Waals surface area contributed by atoms with E-state index >= 15 is 0 Å². The first-order valence-electron chi connectivity index (χ1n) is 7.66. The number of rotatable bonds is 4. The summed E-state index contributed by atoms with van der Waals surface area (Å²) in [5.74, 6) is 1.45. The van der Waals surface area contributed by atoms with E-state index in [4.69, 9.17) is 19.9 Å². The van der Waals surface area contributed by atoms with Gasteiger partial charge in [0, 0.05) is 19.2 Å². The number of nitrogens with two attached hydrogens (primary N) is 1. The highest BCUT2D eigenvalue weighted by atomic mass is 35.5. The van der Waals surface area contributed by atoms with Gasteiger partial charge in [-0.25, -0.2) is 0 Å². The molecule has 6 nitrogen and oxygen atoms in total. The number of ether oxygens (including phenoxy) is 3. The number of halogens is 1. The molecule has 0 spiro atoms. The Hall–Kier alpha value is -1.50. The Kier molecular flexibility index (Phi) is 6.10. The van der Waals surface area contributed by atoms with Crippen LogP contribution in [0.1, 0.15) is 24.4 Å². The van der Waals surface area contributed by atoms with Gasteiger partial charge in [-0.3, -0.25) is 4.79 Å². The molecule has 1 aromatic carbocycles. The number of methoxy groups -OCH3 is 1. The molecule has 7 heteroatoms. The van der Waals surface area contributed by atoms with Crippen LogP contribution in [-0.4, -0.2) is 50.3 Å². The van der Waals surface area contributed by atoms with Crippen molar-refractivity contribution in [2.24, 2.45) is 5.73 Å². The highest BCUT2D eigenvalue weighted by Crippen LogP contribution is 2.42. The minimum absolute atomic E-state index is 0. The minimum atomic E-state index is -0.623. The number of carbonyl (C=O) groups is 1. The lowest BCUT2D eigenvalue weighted by atomic mass is 10.0. The molecule has 0 aromatic heterocycles. The van der Waals surface area contributed by atoms with Crippen LogP contribution in [0.15, 0.2) is 18.2 Å². The van der Waals surface area contributed by atoms with E-state index in [1.165, 1.54) is 0 Å². The zero-order chi connectivity index (χ0) is 15.5. The van der Waals surface area contributed by atoms with E-state index in [1.807, 2.05) is 23.1 Å². The van der Waals surface area contributed by atoms with Crippen LogP contribution >= 0.6 is 12.4 Å². The molecule has 128 valence electrons. The summed E-state index contributed by atoms with van der Waals surface area (Å²) < 4.78 is 16.4. The summed E-state index contributed by atoms with van der Waals surface area (Å²) in [5, 5.41) is 0. The molecule has 2 unspecified atom stereocenters. The largest absolute Gasteiger partial charge is 0.486 e. The van der Waals surface area contributed by atoms with E-state index in [9.17, 15) is 4.79 Å². The number of nitrogens with zero attached hydrogens (tertiary/aromatic N) is 1. The van der Waals surface area contributed by atoms with Gasteiger partial charge in [0.05, 0.1) is 12.6 Å². The van der Waals surface area contributed by atoms with E-state index in [-0.39, 0.29) is 31.0 Å². The monoisotopic (exact) mass is 342 g/mol. The third-order valence-corrected chi connectivity index (χ3v) is 4.15. The summed E-state index contributed by atoms with van der Waals surface area (Å²) in [5.41, 5.74) is 6.92. The van der Waals surface area contributed by atoms with Crippen LogP contribution < -0.4 is 15.2 Å². The lowest BCUT2D eigenvalue weighted by Gasteiger charge is -2.30. The highest BCUT2D eigenvalue weighted by Gasteiger charge is 2.35. The summed E-state index contributed by atoms with van der Waals surface area (Å²) in [6.45, 7) is 2.04. The zero-order valence-electron chi connectivity index (χ0n) is 13.2. The molecule has 3 rings (SSSR count). The van der Waals surface area contributed by atoms with Crippen molar-refractivity contribution in [2.75, 3.05) is 33.5 Å². The maximum absolute atomic E-state index is 12.5. The first-order chi connectivity index (χ1) is 10.7. The van der Waals surface area contributed by atoms with Gasteiger partial charge in [-0.15, -0.1) is 12.4 Å². The van der Waals surface area contributed by atoms with Gasteiger partial charge >= 0.3 is 0 Å².